The molecule has 5 rings (SSSR count). The number of allylic oxidation sites excluding steroid dienone is 4. The maximum atomic E-state index is 12.3. The summed E-state index contributed by atoms with van der Waals surface area (Å²) in [5, 5.41) is 0. The van der Waals surface area contributed by atoms with Crippen molar-refractivity contribution in [3.8, 4) is 0 Å². The number of carbonyl (C=O) groups is 2. The lowest BCUT2D eigenvalue weighted by Gasteiger charge is -2.55. The van der Waals surface area contributed by atoms with Crippen LogP contribution in [-0.4, -0.2) is 44.8 Å². The number of carbonyl (C=O) groups excluding carboxylic acids is 2. The van der Waals surface area contributed by atoms with E-state index < -0.39 is 0 Å². The Kier molecular flexibility index (Phi) is 6.52. The second-order valence-electron chi connectivity index (χ2n) is 11.0. The summed E-state index contributed by atoms with van der Waals surface area (Å²) in [5.41, 5.74) is 5.74. The van der Waals surface area contributed by atoms with Crippen LogP contribution in [0.25, 0.3) is 0 Å². The standard InChI is InChI=1S/C30H38O5/c1-5-35-28(32)20-8-6-19(7-9-20)25-17-29(2)26(14-15-30(29,34-4)18-33-3)24-12-10-21-16-22(31)11-13-23(21)27(24)25/h6-9,16,24-26H,5,10-15,17-18H2,1-4H3/t24?,25-,26?,29+,30-/m1/s1. The van der Waals surface area contributed by atoms with Gasteiger partial charge in [-0.05, 0) is 92.2 Å². The highest BCUT2D eigenvalue weighted by Crippen LogP contribution is 2.67. The molecular weight excluding hydrogens is 440 g/mol. The molecule has 4 aliphatic carbocycles. The van der Waals surface area contributed by atoms with Crippen LogP contribution in [0.3, 0.4) is 0 Å². The van der Waals surface area contributed by atoms with Crippen LogP contribution >= 0.6 is 0 Å². The van der Waals surface area contributed by atoms with Crippen molar-refractivity contribution < 1.29 is 23.8 Å². The quantitative estimate of drug-likeness (QED) is 0.484. The molecule has 0 radical (unpaired) electrons. The molecule has 5 nitrogen and oxygen atoms in total. The SMILES string of the molecule is CCOC(=O)c1ccc([C@H]2C[C@@]3(C)C(CC[C@]3(COC)OC)C3CCC4=CC(=O)CCC4=C32)cc1. The number of esters is 1. The number of rotatable bonds is 6. The van der Waals surface area contributed by atoms with Crippen LogP contribution in [0, 0.1) is 17.3 Å². The van der Waals surface area contributed by atoms with Gasteiger partial charge in [-0.1, -0.05) is 24.6 Å². The number of fused-ring (bicyclic) bond motifs is 4. The van der Waals surface area contributed by atoms with Crippen LogP contribution in [-0.2, 0) is 19.0 Å². The zero-order valence-electron chi connectivity index (χ0n) is 21.5. The molecule has 188 valence electrons. The number of hydrogen-bond donors (Lipinski definition) is 0. The van der Waals surface area contributed by atoms with Crippen LogP contribution in [0.15, 0.2) is 47.1 Å². The minimum atomic E-state index is -0.301. The van der Waals surface area contributed by atoms with Crippen molar-refractivity contribution >= 4 is 11.8 Å². The van der Waals surface area contributed by atoms with Crippen molar-refractivity contribution in [1.29, 1.82) is 0 Å². The van der Waals surface area contributed by atoms with Crippen molar-refractivity contribution in [3.63, 3.8) is 0 Å². The smallest absolute Gasteiger partial charge is 0.338 e. The molecule has 0 aromatic heterocycles. The van der Waals surface area contributed by atoms with Crippen LogP contribution < -0.4 is 0 Å². The molecule has 0 amide bonds. The summed E-state index contributed by atoms with van der Waals surface area (Å²) in [6.45, 7) is 5.22. The summed E-state index contributed by atoms with van der Waals surface area (Å²) in [4.78, 5) is 24.5. The largest absolute Gasteiger partial charge is 0.462 e. The van der Waals surface area contributed by atoms with Gasteiger partial charge >= 0.3 is 5.97 Å². The van der Waals surface area contributed by atoms with Crippen LogP contribution in [0.4, 0.5) is 0 Å². The van der Waals surface area contributed by atoms with Gasteiger partial charge in [0.1, 0.15) is 0 Å². The zero-order chi connectivity index (χ0) is 24.8. The second kappa shape index (κ2) is 9.33. The molecule has 0 N–H and O–H groups in total. The average Bonchev–Trinajstić information content (AvgIpc) is 3.15. The summed E-state index contributed by atoms with van der Waals surface area (Å²) in [6, 6.07) is 8.02. The summed E-state index contributed by atoms with van der Waals surface area (Å²) >= 11 is 0. The van der Waals surface area contributed by atoms with Gasteiger partial charge < -0.3 is 14.2 Å². The molecule has 1 aromatic carbocycles. The van der Waals surface area contributed by atoms with Gasteiger partial charge in [-0.2, -0.15) is 0 Å². The van der Waals surface area contributed by atoms with E-state index >= 15 is 0 Å². The van der Waals surface area contributed by atoms with Crippen molar-refractivity contribution in [1.82, 2.24) is 0 Å². The predicted molar refractivity (Wildman–Crippen MR) is 134 cm³/mol. The minimum absolute atomic E-state index is 0.0251. The number of benzene rings is 1. The van der Waals surface area contributed by atoms with E-state index in [-0.39, 0.29) is 28.7 Å². The predicted octanol–water partition coefficient (Wildman–Crippen LogP) is 5.79. The lowest BCUT2D eigenvalue weighted by Crippen LogP contribution is -2.54. The first kappa shape index (κ1) is 24.5. The van der Waals surface area contributed by atoms with Crippen molar-refractivity contribution in [2.24, 2.45) is 17.3 Å². The van der Waals surface area contributed by atoms with Gasteiger partial charge in [0, 0.05) is 32.0 Å². The highest BCUT2D eigenvalue weighted by Gasteiger charge is 2.63. The van der Waals surface area contributed by atoms with Crippen LogP contribution in [0.2, 0.25) is 0 Å². The zero-order valence-corrected chi connectivity index (χ0v) is 21.5. The normalized spacial score (nSPS) is 34.1. The first-order valence-electron chi connectivity index (χ1n) is 13.2. The molecule has 0 heterocycles. The van der Waals surface area contributed by atoms with Gasteiger partial charge in [-0.3, -0.25) is 4.79 Å². The van der Waals surface area contributed by atoms with E-state index in [0.717, 1.165) is 38.5 Å². The molecule has 5 atom stereocenters. The Morgan fingerprint density at radius 3 is 2.54 bits per heavy atom. The Morgan fingerprint density at radius 2 is 1.86 bits per heavy atom. The molecule has 0 bridgehead atoms. The molecule has 2 unspecified atom stereocenters. The van der Waals surface area contributed by atoms with Gasteiger partial charge in [0.15, 0.2) is 5.78 Å². The number of ketones is 1. The lowest BCUT2D eigenvalue weighted by atomic mass is 9.51. The van der Waals surface area contributed by atoms with E-state index in [1.54, 1.807) is 12.7 Å². The van der Waals surface area contributed by atoms with Gasteiger partial charge in [0.25, 0.3) is 0 Å². The first-order chi connectivity index (χ1) is 16.9. The molecule has 0 aliphatic heterocycles. The molecule has 1 aromatic rings. The molecule has 35 heavy (non-hydrogen) atoms. The summed E-state index contributed by atoms with van der Waals surface area (Å²) in [7, 11) is 3.62. The fourth-order valence-electron chi connectivity index (χ4n) is 7.97. The summed E-state index contributed by atoms with van der Waals surface area (Å²) < 4.78 is 17.3. The molecule has 0 spiro atoms. The molecule has 5 heteroatoms. The lowest BCUT2D eigenvalue weighted by molar-refractivity contribution is -0.149. The van der Waals surface area contributed by atoms with E-state index in [9.17, 15) is 9.59 Å². The fourth-order valence-corrected chi connectivity index (χ4v) is 7.97. The Balaban J connectivity index is 1.62. The maximum Gasteiger partial charge on any atom is 0.338 e. The first-order valence-corrected chi connectivity index (χ1v) is 13.2. The molecule has 0 saturated heterocycles. The third-order valence-electron chi connectivity index (χ3n) is 9.62. The van der Waals surface area contributed by atoms with Crippen molar-refractivity contribution in [3.05, 3.63) is 58.2 Å². The average molecular weight is 479 g/mol. The molecule has 2 saturated carbocycles. The highest BCUT2D eigenvalue weighted by atomic mass is 16.5. The Labute approximate surface area is 208 Å². The number of hydrogen-bond acceptors (Lipinski definition) is 5. The van der Waals surface area contributed by atoms with Gasteiger partial charge in [-0.15, -0.1) is 0 Å². The third kappa shape index (κ3) is 3.82. The Bertz CT molecular complexity index is 1070. The van der Waals surface area contributed by atoms with Crippen LogP contribution in [0.5, 0.6) is 0 Å². The fraction of sp³-hybridized carbons (Fsp3) is 0.600. The number of methoxy groups -OCH3 is 2. The Morgan fingerprint density at radius 1 is 1.09 bits per heavy atom. The van der Waals surface area contributed by atoms with Crippen LogP contribution in [0.1, 0.15) is 80.6 Å². The second-order valence-corrected chi connectivity index (χ2v) is 11.0. The maximum absolute atomic E-state index is 12.3. The molecule has 2 fully saturated rings. The molecule has 4 aliphatic rings. The van der Waals surface area contributed by atoms with Crippen molar-refractivity contribution in [2.75, 3.05) is 27.4 Å². The summed E-state index contributed by atoms with van der Waals surface area (Å²) in [6.07, 6.45) is 8.57. The van der Waals surface area contributed by atoms with Crippen molar-refractivity contribution in [2.45, 2.75) is 70.3 Å². The van der Waals surface area contributed by atoms with E-state index in [1.807, 2.05) is 32.2 Å². The minimum Gasteiger partial charge on any atom is -0.462 e. The highest BCUT2D eigenvalue weighted by molar-refractivity contribution is 5.93. The number of ether oxygens (including phenoxy) is 3. The van der Waals surface area contributed by atoms with E-state index in [4.69, 9.17) is 14.2 Å². The van der Waals surface area contributed by atoms with E-state index in [1.165, 1.54) is 16.7 Å². The third-order valence-corrected chi connectivity index (χ3v) is 9.62. The monoisotopic (exact) mass is 478 g/mol. The Hall–Kier alpha value is -2.24. The van der Waals surface area contributed by atoms with E-state index in [2.05, 4.69) is 19.1 Å². The van der Waals surface area contributed by atoms with E-state index in [0.29, 0.717) is 37.0 Å². The van der Waals surface area contributed by atoms with Gasteiger partial charge in [-0.25, -0.2) is 4.79 Å². The van der Waals surface area contributed by atoms with Gasteiger partial charge in [0.05, 0.1) is 24.4 Å². The molecular formula is C30H38O5. The topological polar surface area (TPSA) is 61.8 Å². The van der Waals surface area contributed by atoms with Gasteiger partial charge in [0.2, 0.25) is 0 Å². The summed E-state index contributed by atoms with van der Waals surface area (Å²) in [5.74, 6) is 1.23.